The van der Waals surface area contributed by atoms with Crippen LogP contribution in [-0.4, -0.2) is 44.7 Å². The summed E-state index contributed by atoms with van der Waals surface area (Å²) in [5, 5.41) is 0. The van der Waals surface area contributed by atoms with Crippen LogP contribution in [0.15, 0.2) is 24.3 Å². The van der Waals surface area contributed by atoms with Crippen molar-refractivity contribution in [3.63, 3.8) is 0 Å². The van der Waals surface area contributed by atoms with E-state index in [-0.39, 0.29) is 5.75 Å². The zero-order chi connectivity index (χ0) is 13.2. The van der Waals surface area contributed by atoms with Gasteiger partial charge in [-0.2, -0.15) is 4.31 Å². The quantitative estimate of drug-likeness (QED) is 0.842. The fourth-order valence-electron chi connectivity index (χ4n) is 2.11. The van der Waals surface area contributed by atoms with E-state index >= 15 is 0 Å². The molecule has 0 aliphatic carbocycles. The summed E-state index contributed by atoms with van der Waals surface area (Å²) in [5.41, 5.74) is 5.98. The number of quaternary nitrogens is 1. The minimum absolute atomic E-state index is 0.184. The van der Waals surface area contributed by atoms with Crippen LogP contribution < -0.4 is 10.6 Å². The van der Waals surface area contributed by atoms with Crippen LogP contribution in [0, 0.1) is 0 Å². The highest BCUT2D eigenvalue weighted by Crippen LogP contribution is 2.18. The second-order valence-electron chi connectivity index (χ2n) is 4.45. The lowest BCUT2D eigenvalue weighted by atomic mass is 10.2. The molecule has 0 saturated carbocycles. The first kappa shape index (κ1) is 13.3. The summed E-state index contributed by atoms with van der Waals surface area (Å²) >= 11 is 0. The van der Waals surface area contributed by atoms with Gasteiger partial charge in [0, 0.05) is 44.0 Å². The summed E-state index contributed by atoms with van der Waals surface area (Å²) in [4.78, 5) is 2.21. The maximum absolute atomic E-state index is 11.7. The summed E-state index contributed by atoms with van der Waals surface area (Å²) < 4.78 is 25.1. The molecule has 2 rings (SSSR count). The van der Waals surface area contributed by atoms with Crippen LogP contribution in [0.1, 0.15) is 6.92 Å². The number of benzene rings is 1. The first-order chi connectivity index (χ1) is 8.53. The van der Waals surface area contributed by atoms with E-state index in [2.05, 4.69) is 10.6 Å². The Morgan fingerprint density at radius 2 is 1.67 bits per heavy atom. The minimum Gasteiger partial charge on any atom is -0.369 e. The van der Waals surface area contributed by atoms with Gasteiger partial charge in [0.2, 0.25) is 10.0 Å². The topological polar surface area (TPSA) is 68.3 Å². The molecule has 1 aromatic rings. The van der Waals surface area contributed by atoms with Crippen molar-refractivity contribution in [2.24, 2.45) is 0 Å². The first-order valence-electron chi connectivity index (χ1n) is 6.18. The molecular weight excluding hydrogens is 250 g/mol. The van der Waals surface area contributed by atoms with Crippen LogP contribution in [0.2, 0.25) is 0 Å². The van der Waals surface area contributed by atoms with E-state index in [4.69, 9.17) is 0 Å². The molecule has 18 heavy (non-hydrogen) atoms. The third kappa shape index (κ3) is 2.82. The normalized spacial score (nSPS) is 18.0. The van der Waals surface area contributed by atoms with Gasteiger partial charge in [-0.15, -0.1) is 0 Å². The van der Waals surface area contributed by atoms with Gasteiger partial charge in [-0.25, -0.2) is 8.42 Å². The molecule has 1 heterocycles. The molecule has 1 aliphatic rings. The maximum atomic E-state index is 11.7. The average molecular weight is 270 g/mol. The third-order valence-corrected chi connectivity index (χ3v) is 5.18. The Balaban J connectivity index is 2.01. The van der Waals surface area contributed by atoms with E-state index in [9.17, 15) is 8.42 Å². The molecule has 0 spiro atoms. The third-order valence-electron chi connectivity index (χ3n) is 3.30. The molecule has 0 unspecified atom stereocenters. The van der Waals surface area contributed by atoms with E-state index < -0.39 is 10.0 Å². The van der Waals surface area contributed by atoms with Crippen molar-refractivity contribution in [1.82, 2.24) is 4.31 Å². The van der Waals surface area contributed by atoms with Crippen LogP contribution in [0.4, 0.5) is 11.4 Å². The molecule has 0 amide bonds. The number of anilines is 1. The Hall–Kier alpha value is -1.11. The largest absolute Gasteiger partial charge is 0.369 e. The van der Waals surface area contributed by atoms with E-state index in [0.717, 1.165) is 24.5 Å². The zero-order valence-electron chi connectivity index (χ0n) is 10.7. The lowest BCUT2D eigenvalue weighted by molar-refractivity contribution is -0.254. The summed E-state index contributed by atoms with van der Waals surface area (Å²) in [7, 11) is -3.04. The fourth-order valence-corrected chi connectivity index (χ4v) is 3.20. The summed E-state index contributed by atoms with van der Waals surface area (Å²) in [6.45, 7) is 4.32. The van der Waals surface area contributed by atoms with Crippen molar-refractivity contribution < 1.29 is 14.2 Å². The van der Waals surface area contributed by atoms with Crippen LogP contribution in [0.3, 0.4) is 0 Å². The predicted molar refractivity (Wildman–Crippen MR) is 72.2 cm³/mol. The first-order valence-corrected chi connectivity index (χ1v) is 7.78. The van der Waals surface area contributed by atoms with E-state index in [0.29, 0.717) is 13.1 Å². The van der Waals surface area contributed by atoms with Gasteiger partial charge < -0.3 is 10.6 Å². The maximum Gasteiger partial charge on any atom is 0.213 e. The minimum atomic E-state index is -3.04. The molecule has 100 valence electrons. The van der Waals surface area contributed by atoms with Gasteiger partial charge in [0.25, 0.3) is 0 Å². The van der Waals surface area contributed by atoms with Crippen molar-refractivity contribution >= 4 is 21.4 Å². The zero-order valence-corrected chi connectivity index (χ0v) is 11.5. The van der Waals surface area contributed by atoms with Gasteiger partial charge >= 0.3 is 0 Å². The summed E-state index contributed by atoms with van der Waals surface area (Å²) in [5.74, 6) is 0.184. The number of nitrogens with zero attached hydrogens (tertiary/aromatic N) is 2. The molecule has 0 radical (unpaired) electrons. The molecule has 1 aromatic carbocycles. The molecular formula is C12H20N3O2S+. The molecule has 0 bridgehead atoms. The Labute approximate surface area is 108 Å². The highest BCUT2D eigenvalue weighted by atomic mass is 32.2. The molecule has 1 saturated heterocycles. The molecule has 0 atom stereocenters. The Morgan fingerprint density at radius 3 is 2.17 bits per heavy atom. The van der Waals surface area contributed by atoms with E-state index in [1.165, 1.54) is 0 Å². The van der Waals surface area contributed by atoms with E-state index in [1.807, 2.05) is 24.3 Å². The van der Waals surface area contributed by atoms with Gasteiger partial charge in [0.15, 0.2) is 0 Å². The molecule has 1 fully saturated rings. The van der Waals surface area contributed by atoms with Crippen molar-refractivity contribution in [1.29, 1.82) is 0 Å². The number of piperazine rings is 1. The number of hydrogen-bond donors (Lipinski definition) is 1. The monoisotopic (exact) mass is 270 g/mol. The SMILES string of the molecule is CCS(=O)(=O)N1CCN(c2ccc([NH3+])cc2)CC1. The lowest BCUT2D eigenvalue weighted by Gasteiger charge is -2.35. The molecule has 5 nitrogen and oxygen atoms in total. The Bertz CT molecular complexity index is 491. The van der Waals surface area contributed by atoms with Crippen LogP contribution in [0.25, 0.3) is 0 Å². The Morgan fingerprint density at radius 1 is 1.11 bits per heavy atom. The molecule has 1 aliphatic heterocycles. The standard InChI is InChI=1S/C12H19N3O2S/c1-2-18(16,17)15-9-7-14(8-10-15)12-5-3-11(13)4-6-12/h3-6H,2,7-10,13H2,1H3/p+1. The lowest BCUT2D eigenvalue weighted by Crippen LogP contribution is -2.49. The highest BCUT2D eigenvalue weighted by Gasteiger charge is 2.25. The van der Waals surface area contributed by atoms with Crippen molar-refractivity contribution in [2.45, 2.75) is 6.92 Å². The second kappa shape index (κ2) is 5.26. The molecule has 6 heteroatoms. The Kier molecular flexibility index (Phi) is 3.89. The molecule has 3 N–H and O–H groups in total. The average Bonchev–Trinajstić information content (AvgIpc) is 2.40. The van der Waals surface area contributed by atoms with Crippen molar-refractivity contribution in [3.8, 4) is 0 Å². The van der Waals surface area contributed by atoms with Crippen LogP contribution in [0.5, 0.6) is 0 Å². The van der Waals surface area contributed by atoms with E-state index in [1.54, 1.807) is 11.2 Å². The highest BCUT2D eigenvalue weighted by molar-refractivity contribution is 7.89. The predicted octanol–water partition coefficient (Wildman–Crippen LogP) is 0.0317. The van der Waals surface area contributed by atoms with Gasteiger partial charge in [-0.05, 0) is 19.1 Å². The van der Waals surface area contributed by atoms with Crippen LogP contribution in [-0.2, 0) is 10.0 Å². The van der Waals surface area contributed by atoms with Crippen molar-refractivity contribution in [2.75, 3.05) is 36.8 Å². The van der Waals surface area contributed by atoms with Crippen molar-refractivity contribution in [3.05, 3.63) is 24.3 Å². The number of hydrogen-bond acceptors (Lipinski definition) is 3. The fraction of sp³-hybridized carbons (Fsp3) is 0.500. The van der Waals surface area contributed by atoms with Gasteiger partial charge in [-0.3, -0.25) is 0 Å². The van der Waals surface area contributed by atoms with Gasteiger partial charge in [0.1, 0.15) is 5.69 Å². The van der Waals surface area contributed by atoms with Gasteiger partial charge in [0.05, 0.1) is 5.75 Å². The smallest absolute Gasteiger partial charge is 0.213 e. The molecule has 0 aromatic heterocycles. The summed E-state index contributed by atoms with van der Waals surface area (Å²) in [6.07, 6.45) is 0. The number of rotatable bonds is 3. The van der Waals surface area contributed by atoms with Gasteiger partial charge in [-0.1, -0.05) is 0 Å². The van der Waals surface area contributed by atoms with Crippen LogP contribution >= 0.6 is 0 Å². The second-order valence-corrected chi connectivity index (χ2v) is 6.71. The number of sulfonamides is 1. The summed E-state index contributed by atoms with van der Waals surface area (Å²) in [6, 6.07) is 8.02.